The molecule has 0 bridgehead atoms. The van der Waals surface area contributed by atoms with Gasteiger partial charge >= 0.3 is 23.9 Å². The number of ether oxygens (including phenoxy) is 3. The van der Waals surface area contributed by atoms with Crippen LogP contribution in [0.5, 0.6) is 0 Å². The number of hydrogen-bond acceptors (Lipinski definition) is 10. The van der Waals surface area contributed by atoms with E-state index in [0.717, 1.165) is 0 Å². The molecule has 0 unspecified atom stereocenters. The van der Waals surface area contributed by atoms with Gasteiger partial charge in [-0.3, -0.25) is 19.4 Å². The van der Waals surface area contributed by atoms with Gasteiger partial charge in [0.15, 0.2) is 13.1 Å². The lowest BCUT2D eigenvalue weighted by atomic mass is 10.2. The number of quaternary nitrogens is 1. The summed E-state index contributed by atoms with van der Waals surface area (Å²) in [4.78, 5) is 54.7. The predicted molar refractivity (Wildman–Crippen MR) is 155 cm³/mol. The number of rotatable bonds is 10. The van der Waals surface area contributed by atoms with Gasteiger partial charge in [-0.1, -0.05) is 0 Å². The highest BCUT2D eigenvalue weighted by Gasteiger charge is 2.44. The van der Waals surface area contributed by atoms with Gasteiger partial charge in [0.05, 0.1) is 26.2 Å². The summed E-state index contributed by atoms with van der Waals surface area (Å²) >= 11 is 0. The van der Waals surface area contributed by atoms with Crippen molar-refractivity contribution >= 4 is 23.9 Å². The Bertz CT molecular complexity index is 862. The van der Waals surface area contributed by atoms with Gasteiger partial charge in [-0.05, 0) is 76.2 Å². The molecule has 41 heavy (non-hydrogen) atoms. The first-order valence-corrected chi connectivity index (χ1v) is 14.5. The summed E-state index contributed by atoms with van der Waals surface area (Å²) in [5.74, 6) is -2.28. The molecule has 0 amide bonds. The minimum absolute atomic E-state index is 0.0397. The average molecular weight is 588 g/mol. The Hall–Kier alpha value is -2.28. The molecule has 1 fully saturated rings. The Morgan fingerprint density at radius 1 is 0.634 bits per heavy atom. The number of hydrogen-bond donors (Lipinski definition) is 1. The molecule has 0 aromatic rings. The Kier molecular flexibility index (Phi) is 13.2. The lowest BCUT2D eigenvalue weighted by Gasteiger charge is -2.47. The maximum absolute atomic E-state index is 13.1. The van der Waals surface area contributed by atoms with Crippen molar-refractivity contribution in [1.29, 1.82) is 0 Å². The van der Waals surface area contributed by atoms with Crippen LogP contribution in [0.25, 0.3) is 0 Å². The van der Waals surface area contributed by atoms with Crippen LogP contribution in [0.1, 0.15) is 76.2 Å². The summed E-state index contributed by atoms with van der Waals surface area (Å²) < 4.78 is 16.6. The van der Waals surface area contributed by atoms with Gasteiger partial charge in [-0.2, -0.15) is 5.01 Å². The number of carboxylic acids is 1. The molecule has 0 spiro atoms. The number of nitrogens with zero attached hydrogens (tertiary/aromatic N) is 4. The normalized spacial score (nSPS) is 18.5. The Morgan fingerprint density at radius 2 is 0.976 bits per heavy atom. The second kappa shape index (κ2) is 14.8. The Labute approximate surface area is 246 Å². The standard InChI is InChI=1S/C29H54N4O8/c1-22(2)33(20-23(34)35,21-26(38)41-29(9,10)11)32-16-14-30(18-24(36)39-27(3,4)5)12-13-31(15-17-32)19-25(37)40-28(6,7)8/h22H,12-21H2,1-11H3/p+1/t33-/m0/s1. The van der Waals surface area contributed by atoms with E-state index < -0.39 is 28.7 Å². The first kappa shape index (κ1) is 36.7. The summed E-state index contributed by atoms with van der Waals surface area (Å²) in [5, 5.41) is 11.9. The molecule has 238 valence electrons. The van der Waals surface area contributed by atoms with E-state index >= 15 is 0 Å². The first-order valence-electron chi connectivity index (χ1n) is 14.5. The van der Waals surface area contributed by atoms with Crippen molar-refractivity contribution in [2.45, 2.75) is 99.0 Å². The van der Waals surface area contributed by atoms with E-state index in [1.165, 1.54) is 0 Å². The van der Waals surface area contributed by atoms with Crippen LogP contribution in [-0.4, -0.2) is 137 Å². The first-order chi connectivity index (χ1) is 18.5. The van der Waals surface area contributed by atoms with Crippen molar-refractivity contribution < 1.29 is 43.1 Å². The fourth-order valence-corrected chi connectivity index (χ4v) is 4.74. The number of carbonyl (C=O) groups is 4. The van der Waals surface area contributed by atoms with Gasteiger partial charge < -0.3 is 19.3 Å². The van der Waals surface area contributed by atoms with Crippen LogP contribution in [0.3, 0.4) is 0 Å². The number of carboxylic acid groups (broad SMARTS) is 1. The largest absolute Gasteiger partial charge is 0.477 e. The number of aliphatic carboxylic acids is 1. The molecule has 1 heterocycles. The molecule has 1 aliphatic heterocycles. The van der Waals surface area contributed by atoms with Gasteiger partial charge in [0.1, 0.15) is 22.8 Å². The molecule has 1 aliphatic rings. The highest BCUT2D eigenvalue weighted by atomic mass is 16.6. The van der Waals surface area contributed by atoms with Gasteiger partial charge in [-0.25, -0.2) is 14.2 Å². The van der Waals surface area contributed by atoms with Crippen molar-refractivity contribution in [1.82, 2.24) is 14.8 Å². The summed E-state index contributed by atoms with van der Waals surface area (Å²) in [6.45, 7) is 22.2. The summed E-state index contributed by atoms with van der Waals surface area (Å²) in [6.07, 6.45) is 0. The lowest BCUT2D eigenvalue weighted by Crippen LogP contribution is -2.69. The molecule has 0 saturated carbocycles. The third kappa shape index (κ3) is 14.4. The van der Waals surface area contributed by atoms with E-state index in [2.05, 4.69) is 0 Å². The fourth-order valence-electron chi connectivity index (χ4n) is 4.74. The molecular weight excluding hydrogens is 532 g/mol. The van der Waals surface area contributed by atoms with Crippen molar-refractivity contribution in [2.75, 3.05) is 65.4 Å². The zero-order valence-electron chi connectivity index (χ0n) is 27.2. The Morgan fingerprint density at radius 3 is 1.29 bits per heavy atom. The lowest BCUT2D eigenvalue weighted by molar-refractivity contribution is -1.04. The molecule has 12 nitrogen and oxygen atoms in total. The number of carbonyl (C=O) groups excluding carboxylic acids is 3. The van der Waals surface area contributed by atoms with E-state index in [-0.39, 0.29) is 48.8 Å². The molecule has 1 N–H and O–H groups in total. The summed E-state index contributed by atoms with van der Waals surface area (Å²) in [7, 11) is 0. The second-order valence-corrected chi connectivity index (χ2v) is 14.1. The molecular formula is C29H55N4O8+. The van der Waals surface area contributed by atoms with Crippen molar-refractivity contribution in [3.05, 3.63) is 0 Å². The quantitative estimate of drug-likeness (QED) is 0.230. The van der Waals surface area contributed by atoms with E-state index in [1.807, 2.05) is 70.2 Å². The summed E-state index contributed by atoms with van der Waals surface area (Å²) in [6, 6.07) is -0.280. The van der Waals surface area contributed by atoms with Crippen molar-refractivity contribution in [2.24, 2.45) is 0 Å². The minimum Gasteiger partial charge on any atom is -0.477 e. The smallest absolute Gasteiger partial charge is 0.364 e. The van der Waals surface area contributed by atoms with Crippen LogP contribution >= 0.6 is 0 Å². The van der Waals surface area contributed by atoms with Crippen molar-refractivity contribution in [3.8, 4) is 0 Å². The third-order valence-corrected chi connectivity index (χ3v) is 6.38. The highest BCUT2D eigenvalue weighted by Crippen LogP contribution is 2.22. The molecule has 1 rings (SSSR count). The van der Waals surface area contributed by atoms with Crippen LogP contribution < -0.4 is 0 Å². The molecule has 12 heteroatoms. The van der Waals surface area contributed by atoms with E-state index in [9.17, 15) is 24.3 Å². The van der Waals surface area contributed by atoms with Crippen LogP contribution in [0.2, 0.25) is 0 Å². The Balaban J connectivity index is 3.41. The topological polar surface area (TPSA) is 126 Å². The van der Waals surface area contributed by atoms with Gasteiger partial charge in [-0.15, -0.1) is 0 Å². The highest BCUT2D eigenvalue weighted by molar-refractivity contribution is 5.73. The molecule has 0 aliphatic carbocycles. The van der Waals surface area contributed by atoms with Crippen LogP contribution in [-0.2, 0) is 33.4 Å². The van der Waals surface area contributed by atoms with E-state index in [0.29, 0.717) is 39.3 Å². The van der Waals surface area contributed by atoms with Gasteiger partial charge in [0.25, 0.3) is 0 Å². The number of esters is 3. The fraction of sp³-hybridized carbons (Fsp3) is 0.862. The van der Waals surface area contributed by atoms with Gasteiger partial charge in [0.2, 0.25) is 0 Å². The monoisotopic (exact) mass is 587 g/mol. The maximum atomic E-state index is 13.1. The van der Waals surface area contributed by atoms with Crippen molar-refractivity contribution in [3.63, 3.8) is 0 Å². The van der Waals surface area contributed by atoms with Gasteiger partial charge in [0, 0.05) is 26.2 Å². The zero-order valence-corrected chi connectivity index (χ0v) is 27.2. The molecule has 0 aromatic carbocycles. The SMILES string of the molecule is CC(C)[N@+](CC(=O)O)(CC(=O)OC(C)(C)C)N1CCN(CC(=O)OC(C)(C)C)CCN(CC(=O)OC(C)(C)C)CC1. The zero-order chi connectivity index (χ0) is 31.8. The van der Waals surface area contributed by atoms with Crippen LogP contribution in [0.4, 0.5) is 0 Å². The maximum Gasteiger partial charge on any atom is 0.364 e. The van der Waals surface area contributed by atoms with Crippen LogP contribution in [0, 0.1) is 0 Å². The molecule has 1 saturated heterocycles. The third-order valence-electron chi connectivity index (χ3n) is 6.38. The summed E-state index contributed by atoms with van der Waals surface area (Å²) in [5.41, 5.74) is -2.00. The predicted octanol–water partition coefficient (Wildman–Crippen LogP) is 2.16. The minimum atomic E-state index is -1.04. The molecule has 1 atom stereocenters. The van der Waals surface area contributed by atoms with E-state index in [1.54, 1.807) is 20.8 Å². The van der Waals surface area contributed by atoms with E-state index in [4.69, 9.17) is 14.2 Å². The molecule has 0 aromatic heterocycles. The molecule has 0 radical (unpaired) electrons. The average Bonchev–Trinajstić information content (AvgIpc) is 2.80. The second-order valence-electron chi connectivity index (χ2n) is 14.1. The van der Waals surface area contributed by atoms with Crippen LogP contribution in [0.15, 0.2) is 0 Å².